The Hall–Kier alpha value is -1.47. The lowest BCUT2D eigenvalue weighted by atomic mass is 10.3. The van der Waals surface area contributed by atoms with E-state index >= 15 is 0 Å². The highest BCUT2D eigenvalue weighted by Gasteiger charge is 2.21. The first kappa shape index (κ1) is 13.0. The number of carbonyl (C=O) groups is 1. The van der Waals surface area contributed by atoms with Gasteiger partial charge in [-0.1, -0.05) is 0 Å². The van der Waals surface area contributed by atoms with Gasteiger partial charge < -0.3 is 5.32 Å². The van der Waals surface area contributed by atoms with E-state index in [1.807, 2.05) is 0 Å². The Morgan fingerprint density at radius 3 is 2.83 bits per heavy atom. The molecule has 1 amide bonds. The summed E-state index contributed by atoms with van der Waals surface area (Å²) in [6.45, 7) is 1.67. The lowest BCUT2D eigenvalue weighted by Crippen LogP contribution is -2.28. The fourth-order valence-corrected chi connectivity index (χ4v) is 2.75. The van der Waals surface area contributed by atoms with E-state index in [1.165, 1.54) is 7.05 Å². The van der Waals surface area contributed by atoms with Gasteiger partial charge in [0.15, 0.2) is 4.96 Å². The van der Waals surface area contributed by atoms with Crippen molar-refractivity contribution < 1.29 is 9.18 Å². The Kier molecular flexibility index (Phi) is 3.36. The first-order valence-electron chi connectivity index (χ1n) is 4.99. The molecule has 18 heavy (non-hydrogen) atoms. The SMILES string of the molecule is CNC(=O)c1c(C)sc2nc(CCl)c(F)c(=O)n12. The molecule has 2 aromatic heterocycles. The van der Waals surface area contributed by atoms with Crippen LogP contribution in [0.15, 0.2) is 4.79 Å². The number of hydrogen-bond acceptors (Lipinski definition) is 4. The fourth-order valence-electron chi connectivity index (χ4n) is 1.60. The summed E-state index contributed by atoms with van der Waals surface area (Å²) < 4.78 is 14.7. The van der Waals surface area contributed by atoms with Crippen molar-refractivity contribution in [3.05, 3.63) is 32.4 Å². The van der Waals surface area contributed by atoms with Gasteiger partial charge in [-0.3, -0.25) is 9.59 Å². The second-order valence-electron chi connectivity index (χ2n) is 3.52. The quantitative estimate of drug-likeness (QED) is 0.848. The molecule has 0 aromatic carbocycles. The summed E-state index contributed by atoms with van der Waals surface area (Å²) in [4.78, 5) is 28.4. The highest BCUT2D eigenvalue weighted by Crippen LogP contribution is 2.20. The minimum Gasteiger partial charge on any atom is -0.354 e. The van der Waals surface area contributed by atoms with E-state index < -0.39 is 17.3 Å². The van der Waals surface area contributed by atoms with Crippen LogP contribution in [0.3, 0.4) is 0 Å². The average molecular weight is 290 g/mol. The molecular weight excluding hydrogens is 281 g/mol. The van der Waals surface area contributed by atoms with Gasteiger partial charge in [-0.05, 0) is 6.92 Å². The predicted molar refractivity (Wildman–Crippen MR) is 67.0 cm³/mol. The van der Waals surface area contributed by atoms with E-state index in [0.29, 0.717) is 4.88 Å². The van der Waals surface area contributed by atoms with Crippen molar-refractivity contribution >= 4 is 33.8 Å². The number of amides is 1. The van der Waals surface area contributed by atoms with E-state index in [2.05, 4.69) is 10.3 Å². The Morgan fingerprint density at radius 2 is 2.28 bits per heavy atom. The second-order valence-corrected chi connectivity index (χ2v) is 4.96. The molecule has 0 aliphatic carbocycles. The van der Waals surface area contributed by atoms with Crippen LogP contribution in [-0.2, 0) is 5.88 Å². The number of hydrogen-bond donors (Lipinski definition) is 1. The smallest absolute Gasteiger partial charge is 0.295 e. The maximum absolute atomic E-state index is 13.7. The van der Waals surface area contributed by atoms with E-state index in [0.717, 1.165) is 15.7 Å². The zero-order valence-electron chi connectivity index (χ0n) is 9.58. The highest BCUT2D eigenvalue weighted by molar-refractivity contribution is 7.17. The molecule has 96 valence electrons. The molecule has 0 aliphatic heterocycles. The monoisotopic (exact) mass is 289 g/mol. The van der Waals surface area contributed by atoms with Crippen LogP contribution in [0.25, 0.3) is 4.96 Å². The van der Waals surface area contributed by atoms with Crippen LogP contribution in [-0.4, -0.2) is 22.3 Å². The minimum absolute atomic E-state index is 0.105. The summed E-state index contributed by atoms with van der Waals surface area (Å²) in [5.74, 6) is -1.67. The van der Waals surface area contributed by atoms with Crippen molar-refractivity contribution in [1.82, 2.24) is 14.7 Å². The van der Waals surface area contributed by atoms with Gasteiger partial charge in [-0.15, -0.1) is 22.9 Å². The van der Waals surface area contributed by atoms with Gasteiger partial charge in [0.1, 0.15) is 5.69 Å². The predicted octanol–water partition coefficient (Wildman–Crippen LogP) is 1.30. The normalized spacial score (nSPS) is 10.9. The summed E-state index contributed by atoms with van der Waals surface area (Å²) in [6.07, 6.45) is 0. The topological polar surface area (TPSA) is 63.5 Å². The number of halogens is 2. The number of aryl methyl sites for hydroxylation is 1. The standard InChI is InChI=1S/C10H9ClFN3O2S/c1-4-7(8(16)13-2)15-9(17)6(12)5(3-11)14-10(15)18-4/h3H2,1-2H3,(H,13,16). The molecule has 0 saturated carbocycles. The maximum Gasteiger partial charge on any atom is 0.295 e. The minimum atomic E-state index is -1.02. The number of fused-ring (bicyclic) bond motifs is 1. The number of nitrogens with zero attached hydrogens (tertiary/aromatic N) is 2. The Bertz CT molecular complexity index is 694. The number of aromatic nitrogens is 2. The van der Waals surface area contributed by atoms with Crippen LogP contribution in [0.5, 0.6) is 0 Å². The Balaban J connectivity index is 2.91. The summed E-state index contributed by atoms with van der Waals surface area (Å²) in [6, 6.07) is 0. The number of nitrogens with one attached hydrogen (secondary N) is 1. The molecule has 8 heteroatoms. The zero-order chi connectivity index (χ0) is 13.4. The van der Waals surface area contributed by atoms with Crippen LogP contribution >= 0.6 is 22.9 Å². The van der Waals surface area contributed by atoms with E-state index in [-0.39, 0.29) is 22.2 Å². The van der Waals surface area contributed by atoms with E-state index in [9.17, 15) is 14.0 Å². The van der Waals surface area contributed by atoms with Crippen LogP contribution in [0.4, 0.5) is 4.39 Å². The molecule has 0 aliphatic rings. The van der Waals surface area contributed by atoms with Crippen LogP contribution in [0, 0.1) is 12.7 Å². The molecule has 0 radical (unpaired) electrons. The zero-order valence-corrected chi connectivity index (χ0v) is 11.2. The van der Waals surface area contributed by atoms with Crippen LogP contribution < -0.4 is 10.9 Å². The van der Waals surface area contributed by atoms with Crippen LogP contribution in [0.1, 0.15) is 21.1 Å². The summed E-state index contributed by atoms with van der Waals surface area (Å²) in [5.41, 5.74) is -0.903. The molecule has 0 saturated heterocycles. The average Bonchev–Trinajstić information content (AvgIpc) is 2.69. The maximum atomic E-state index is 13.7. The van der Waals surface area contributed by atoms with Gasteiger partial charge in [-0.25, -0.2) is 9.38 Å². The first-order valence-corrected chi connectivity index (χ1v) is 6.35. The van der Waals surface area contributed by atoms with Crippen molar-refractivity contribution in [3.8, 4) is 0 Å². The fraction of sp³-hybridized carbons (Fsp3) is 0.300. The van der Waals surface area contributed by atoms with Crippen molar-refractivity contribution in [1.29, 1.82) is 0 Å². The molecule has 2 aromatic rings. The molecule has 0 unspecified atom stereocenters. The van der Waals surface area contributed by atoms with Crippen molar-refractivity contribution in [2.75, 3.05) is 7.05 Å². The third kappa shape index (κ3) is 1.79. The van der Waals surface area contributed by atoms with Gasteiger partial charge in [-0.2, -0.15) is 4.39 Å². The van der Waals surface area contributed by atoms with Crippen molar-refractivity contribution in [3.63, 3.8) is 0 Å². The Morgan fingerprint density at radius 1 is 1.61 bits per heavy atom. The molecule has 5 nitrogen and oxygen atoms in total. The van der Waals surface area contributed by atoms with Gasteiger partial charge in [0.2, 0.25) is 5.82 Å². The molecular formula is C10H9ClFN3O2S. The molecule has 1 N–H and O–H groups in total. The number of carbonyl (C=O) groups excluding carboxylic acids is 1. The van der Waals surface area contributed by atoms with Gasteiger partial charge >= 0.3 is 0 Å². The van der Waals surface area contributed by atoms with Crippen molar-refractivity contribution in [2.45, 2.75) is 12.8 Å². The van der Waals surface area contributed by atoms with E-state index in [4.69, 9.17) is 11.6 Å². The largest absolute Gasteiger partial charge is 0.354 e. The number of alkyl halides is 1. The second kappa shape index (κ2) is 4.66. The van der Waals surface area contributed by atoms with E-state index in [1.54, 1.807) is 6.92 Å². The van der Waals surface area contributed by atoms with Gasteiger partial charge in [0, 0.05) is 11.9 Å². The summed E-state index contributed by atoms with van der Waals surface area (Å²) in [7, 11) is 1.44. The molecule has 0 atom stereocenters. The molecule has 2 heterocycles. The molecule has 0 fully saturated rings. The third-order valence-electron chi connectivity index (χ3n) is 2.44. The molecule has 0 bridgehead atoms. The lowest BCUT2D eigenvalue weighted by molar-refractivity contribution is 0.0956. The number of thiazole rings is 1. The van der Waals surface area contributed by atoms with Gasteiger partial charge in [0.05, 0.1) is 11.6 Å². The summed E-state index contributed by atoms with van der Waals surface area (Å²) in [5, 5.41) is 2.41. The third-order valence-corrected chi connectivity index (χ3v) is 3.65. The highest BCUT2D eigenvalue weighted by atomic mass is 35.5. The Labute approximate surface area is 110 Å². The first-order chi connectivity index (χ1) is 8.51. The summed E-state index contributed by atoms with van der Waals surface area (Å²) >= 11 is 6.66. The van der Waals surface area contributed by atoms with Crippen molar-refractivity contribution in [2.24, 2.45) is 0 Å². The molecule has 0 spiro atoms. The van der Waals surface area contributed by atoms with Crippen LogP contribution in [0.2, 0.25) is 0 Å². The lowest BCUT2D eigenvalue weighted by Gasteiger charge is -2.02. The van der Waals surface area contributed by atoms with Gasteiger partial charge in [0.25, 0.3) is 11.5 Å². The number of rotatable bonds is 2. The molecule has 2 rings (SSSR count).